The lowest BCUT2D eigenvalue weighted by Crippen LogP contribution is -2.15. The van der Waals surface area contributed by atoms with Crippen molar-refractivity contribution in [1.82, 2.24) is 4.57 Å². The summed E-state index contributed by atoms with van der Waals surface area (Å²) in [5.41, 5.74) is 3.28. The van der Waals surface area contributed by atoms with Crippen LogP contribution in [0.5, 0.6) is 5.75 Å². The number of aromatic nitrogens is 1. The SMILES string of the molecule is CCCCCCc1cc(OS(=O)(=O)c2ccc(C)cc2)c2n1CCCC2. The van der Waals surface area contributed by atoms with Crippen LogP contribution in [0.15, 0.2) is 35.2 Å². The van der Waals surface area contributed by atoms with E-state index in [1.165, 1.54) is 25.0 Å². The molecule has 0 radical (unpaired) electrons. The van der Waals surface area contributed by atoms with Crippen LogP contribution in [0.25, 0.3) is 0 Å². The molecule has 5 heteroatoms. The van der Waals surface area contributed by atoms with Crippen molar-refractivity contribution in [3.05, 3.63) is 47.3 Å². The molecule has 1 aromatic carbocycles. The minimum atomic E-state index is -3.79. The highest BCUT2D eigenvalue weighted by Gasteiger charge is 2.24. The van der Waals surface area contributed by atoms with Gasteiger partial charge < -0.3 is 8.75 Å². The Balaban J connectivity index is 1.82. The van der Waals surface area contributed by atoms with Crippen LogP contribution in [-0.4, -0.2) is 13.0 Å². The van der Waals surface area contributed by atoms with Gasteiger partial charge in [-0.05, 0) is 51.2 Å². The summed E-state index contributed by atoms with van der Waals surface area (Å²) in [6, 6.07) is 8.77. The Labute approximate surface area is 157 Å². The summed E-state index contributed by atoms with van der Waals surface area (Å²) in [4.78, 5) is 0.211. The quantitative estimate of drug-likeness (QED) is 0.480. The van der Waals surface area contributed by atoms with E-state index in [1.54, 1.807) is 24.3 Å². The molecule has 0 aliphatic carbocycles. The molecule has 4 nitrogen and oxygen atoms in total. The van der Waals surface area contributed by atoms with Crippen molar-refractivity contribution < 1.29 is 12.6 Å². The third kappa shape index (κ3) is 4.32. The van der Waals surface area contributed by atoms with Gasteiger partial charge in [-0.3, -0.25) is 0 Å². The second-order valence-electron chi connectivity index (χ2n) is 7.22. The molecule has 1 aliphatic heterocycles. The van der Waals surface area contributed by atoms with Gasteiger partial charge >= 0.3 is 10.1 Å². The van der Waals surface area contributed by atoms with Gasteiger partial charge in [-0.15, -0.1) is 0 Å². The number of unbranched alkanes of at least 4 members (excludes halogenated alkanes) is 3. The maximum absolute atomic E-state index is 12.7. The van der Waals surface area contributed by atoms with Gasteiger partial charge in [-0.2, -0.15) is 8.42 Å². The molecule has 0 bridgehead atoms. The highest BCUT2D eigenvalue weighted by Crippen LogP contribution is 2.32. The summed E-state index contributed by atoms with van der Waals surface area (Å²) in [6.07, 6.45) is 8.92. The minimum Gasteiger partial charge on any atom is -0.377 e. The number of aryl methyl sites for hydroxylation is 2. The first kappa shape index (κ1) is 19.0. The Morgan fingerprint density at radius 1 is 1.08 bits per heavy atom. The third-order valence-electron chi connectivity index (χ3n) is 5.10. The third-order valence-corrected chi connectivity index (χ3v) is 6.34. The van der Waals surface area contributed by atoms with E-state index in [4.69, 9.17) is 4.18 Å². The molecule has 142 valence electrons. The zero-order valence-electron chi connectivity index (χ0n) is 15.8. The van der Waals surface area contributed by atoms with E-state index in [1.807, 2.05) is 13.0 Å². The van der Waals surface area contributed by atoms with E-state index >= 15 is 0 Å². The van der Waals surface area contributed by atoms with Gasteiger partial charge in [0, 0.05) is 18.3 Å². The molecular weight excluding hydrogens is 346 g/mol. The van der Waals surface area contributed by atoms with E-state index in [0.717, 1.165) is 49.9 Å². The highest BCUT2D eigenvalue weighted by molar-refractivity contribution is 7.87. The van der Waals surface area contributed by atoms with E-state index < -0.39 is 10.1 Å². The molecule has 2 aromatic rings. The van der Waals surface area contributed by atoms with Crippen molar-refractivity contribution >= 4 is 10.1 Å². The molecule has 3 rings (SSSR count). The lowest BCUT2D eigenvalue weighted by atomic mass is 10.1. The fourth-order valence-corrected chi connectivity index (χ4v) is 4.55. The van der Waals surface area contributed by atoms with Gasteiger partial charge in [-0.1, -0.05) is 43.9 Å². The van der Waals surface area contributed by atoms with E-state index in [2.05, 4.69) is 11.5 Å². The van der Waals surface area contributed by atoms with Crippen LogP contribution >= 0.6 is 0 Å². The average molecular weight is 376 g/mol. The minimum absolute atomic E-state index is 0.211. The van der Waals surface area contributed by atoms with Crippen molar-refractivity contribution in [3.63, 3.8) is 0 Å². The molecule has 0 saturated heterocycles. The van der Waals surface area contributed by atoms with E-state index in [-0.39, 0.29) is 4.90 Å². The number of nitrogens with zero attached hydrogens (tertiary/aromatic N) is 1. The summed E-state index contributed by atoms with van der Waals surface area (Å²) >= 11 is 0. The zero-order chi connectivity index (χ0) is 18.6. The largest absolute Gasteiger partial charge is 0.377 e. The fourth-order valence-electron chi connectivity index (χ4n) is 3.60. The number of fused-ring (bicyclic) bond motifs is 1. The molecule has 0 spiro atoms. The van der Waals surface area contributed by atoms with Crippen molar-refractivity contribution in [2.24, 2.45) is 0 Å². The van der Waals surface area contributed by atoms with E-state index in [0.29, 0.717) is 5.75 Å². The Bertz CT molecular complexity index is 835. The molecule has 0 fully saturated rings. The van der Waals surface area contributed by atoms with Crippen molar-refractivity contribution in [1.29, 1.82) is 0 Å². The number of benzene rings is 1. The predicted molar refractivity (Wildman–Crippen MR) is 104 cm³/mol. The first-order valence-corrected chi connectivity index (χ1v) is 11.1. The normalized spacial score (nSPS) is 14.2. The maximum Gasteiger partial charge on any atom is 0.339 e. The average Bonchev–Trinajstić information content (AvgIpc) is 2.96. The molecule has 0 unspecified atom stereocenters. The maximum atomic E-state index is 12.7. The lowest BCUT2D eigenvalue weighted by Gasteiger charge is -2.18. The number of hydrogen-bond acceptors (Lipinski definition) is 3. The van der Waals surface area contributed by atoms with Crippen molar-refractivity contribution in [3.8, 4) is 5.75 Å². The smallest absolute Gasteiger partial charge is 0.339 e. The summed E-state index contributed by atoms with van der Waals surface area (Å²) in [6.45, 7) is 5.11. The predicted octanol–water partition coefficient (Wildman–Crippen LogP) is 5.02. The first-order chi connectivity index (χ1) is 12.5. The summed E-state index contributed by atoms with van der Waals surface area (Å²) in [5.74, 6) is 0.524. The van der Waals surface area contributed by atoms with Crippen LogP contribution < -0.4 is 4.18 Å². The fraction of sp³-hybridized carbons (Fsp3) is 0.524. The first-order valence-electron chi connectivity index (χ1n) is 9.73. The second-order valence-corrected chi connectivity index (χ2v) is 8.76. The Morgan fingerprint density at radius 2 is 1.85 bits per heavy atom. The van der Waals surface area contributed by atoms with Crippen LogP contribution in [-0.2, 0) is 29.5 Å². The molecule has 0 N–H and O–H groups in total. The van der Waals surface area contributed by atoms with Gasteiger partial charge in [0.2, 0.25) is 0 Å². The summed E-state index contributed by atoms with van der Waals surface area (Å²) in [5, 5.41) is 0. The van der Waals surface area contributed by atoms with Crippen molar-refractivity contribution in [2.75, 3.05) is 0 Å². The van der Waals surface area contributed by atoms with Crippen LogP contribution in [0.1, 0.15) is 62.4 Å². The Hall–Kier alpha value is -1.75. The molecule has 2 heterocycles. The molecule has 0 amide bonds. The van der Waals surface area contributed by atoms with Gasteiger partial charge in [0.1, 0.15) is 4.90 Å². The lowest BCUT2D eigenvalue weighted by molar-refractivity contribution is 0.465. The zero-order valence-corrected chi connectivity index (χ0v) is 16.6. The summed E-state index contributed by atoms with van der Waals surface area (Å²) < 4.78 is 33.2. The van der Waals surface area contributed by atoms with Gasteiger partial charge in [0.25, 0.3) is 0 Å². The van der Waals surface area contributed by atoms with Gasteiger partial charge in [-0.25, -0.2) is 0 Å². The van der Waals surface area contributed by atoms with Crippen LogP contribution in [0.2, 0.25) is 0 Å². The molecular formula is C21H29NO3S. The van der Waals surface area contributed by atoms with Crippen LogP contribution in [0.3, 0.4) is 0 Å². The topological polar surface area (TPSA) is 48.3 Å². The highest BCUT2D eigenvalue weighted by atomic mass is 32.2. The number of rotatable bonds is 8. The standard InChI is InChI=1S/C21H29NO3S/c1-3-4-5-6-9-18-16-21(20-10-7-8-15-22(18)20)25-26(23,24)19-13-11-17(2)12-14-19/h11-14,16H,3-10,15H2,1-2H3. The summed E-state index contributed by atoms with van der Waals surface area (Å²) in [7, 11) is -3.79. The Kier molecular flexibility index (Phi) is 6.07. The Morgan fingerprint density at radius 3 is 2.58 bits per heavy atom. The van der Waals surface area contributed by atoms with Crippen LogP contribution in [0.4, 0.5) is 0 Å². The molecule has 0 saturated carbocycles. The monoisotopic (exact) mass is 375 g/mol. The second kappa shape index (κ2) is 8.30. The van der Waals surface area contributed by atoms with E-state index in [9.17, 15) is 8.42 Å². The molecule has 1 aromatic heterocycles. The van der Waals surface area contributed by atoms with Gasteiger partial charge in [0.05, 0.1) is 5.69 Å². The molecule has 26 heavy (non-hydrogen) atoms. The van der Waals surface area contributed by atoms with Gasteiger partial charge in [0.15, 0.2) is 5.75 Å². The molecule has 1 aliphatic rings. The van der Waals surface area contributed by atoms with Crippen LogP contribution in [0, 0.1) is 6.92 Å². The number of hydrogen-bond donors (Lipinski definition) is 0. The molecule has 0 atom stereocenters. The van der Waals surface area contributed by atoms with Crippen molar-refractivity contribution in [2.45, 2.75) is 76.7 Å².